The Balaban J connectivity index is 1.72. The first-order valence-corrected chi connectivity index (χ1v) is 7.56. The summed E-state index contributed by atoms with van der Waals surface area (Å²) >= 11 is 5.94. The normalized spacial score (nSPS) is 16.4. The second-order valence-corrected chi connectivity index (χ2v) is 5.74. The first kappa shape index (κ1) is 13.8. The molecule has 0 aliphatic carbocycles. The highest BCUT2D eigenvalue weighted by Crippen LogP contribution is 2.31. The molecule has 3 N–H and O–H groups in total. The number of benzene rings is 2. The molecular weight excluding hydrogens is 312 g/mol. The third-order valence-corrected chi connectivity index (χ3v) is 4.11. The smallest absolute Gasteiger partial charge is 0.255 e. The molecule has 0 spiro atoms. The summed E-state index contributed by atoms with van der Waals surface area (Å²) in [5.41, 5.74) is 4.12. The topological polar surface area (TPSA) is 69.8 Å². The molecule has 2 heterocycles. The summed E-state index contributed by atoms with van der Waals surface area (Å²) in [5, 5.41) is 14.1. The lowest BCUT2D eigenvalue weighted by molar-refractivity contribution is 0.0936. The quantitative estimate of drug-likeness (QED) is 0.674. The van der Waals surface area contributed by atoms with E-state index < -0.39 is 0 Å². The molecule has 5 nitrogen and oxygen atoms in total. The summed E-state index contributed by atoms with van der Waals surface area (Å²) in [4.78, 5) is 12.3. The third kappa shape index (κ3) is 2.45. The number of aromatic nitrogens is 2. The second kappa shape index (κ2) is 5.44. The van der Waals surface area contributed by atoms with E-state index in [2.05, 4.69) is 20.8 Å². The van der Waals surface area contributed by atoms with Gasteiger partial charge in [0.2, 0.25) is 0 Å². The number of carbonyl (C=O) groups excluding carboxylic acids is 1. The van der Waals surface area contributed by atoms with Crippen LogP contribution in [0.15, 0.2) is 54.7 Å². The van der Waals surface area contributed by atoms with Crippen LogP contribution in [0.5, 0.6) is 0 Å². The molecule has 0 saturated heterocycles. The summed E-state index contributed by atoms with van der Waals surface area (Å²) in [5.74, 6) is -0.104. The van der Waals surface area contributed by atoms with Crippen LogP contribution in [0.3, 0.4) is 0 Å². The van der Waals surface area contributed by atoms with Crippen molar-refractivity contribution in [2.45, 2.75) is 6.17 Å². The van der Waals surface area contributed by atoms with Gasteiger partial charge < -0.3 is 10.6 Å². The molecule has 1 aromatic heterocycles. The minimum atomic E-state index is -0.346. The number of halogens is 1. The number of H-pyrrole nitrogens is 1. The van der Waals surface area contributed by atoms with Crippen LogP contribution >= 0.6 is 11.6 Å². The minimum Gasteiger partial charge on any atom is -0.361 e. The number of para-hydroxylation sites is 1. The molecule has 1 aliphatic heterocycles. The summed E-state index contributed by atoms with van der Waals surface area (Å²) in [7, 11) is 0. The molecule has 4 rings (SSSR count). The van der Waals surface area contributed by atoms with Crippen LogP contribution in [0, 0.1) is 0 Å². The highest BCUT2D eigenvalue weighted by Gasteiger charge is 2.27. The second-order valence-electron chi connectivity index (χ2n) is 5.30. The number of amides is 1. The summed E-state index contributed by atoms with van der Waals surface area (Å²) in [6, 6.07) is 14.9. The largest absolute Gasteiger partial charge is 0.361 e. The lowest BCUT2D eigenvalue weighted by Gasteiger charge is -2.27. The molecule has 3 aromatic rings. The van der Waals surface area contributed by atoms with Gasteiger partial charge in [-0.15, -0.1) is 0 Å². The van der Waals surface area contributed by atoms with Crippen LogP contribution in [0.25, 0.3) is 11.3 Å². The number of anilines is 1. The Hall–Kier alpha value is -2.79. The number of rotatable bonds is 2. The van der Waals surface area contributed by atoms with Gasteiger partial charge in [-0.25, -0.2) is 0 Å². The van der Waals surface area contributed by atoms with Gasteiger partial charge in [-0.3, -0.25) is 9.89 Å². The van der Waals surface area contributed by atoms with Crippen molar-refractivity contribution in [1.82, 2.24) is 15.5 Å². The molecule has 2 aromatic carbocycles. The molecular formula is C17H13ClN4O. The molecule has 1 atom stereocenters. The Labute approximate surface area is 137 Å². The Kier molecular flexibility index (Phi) is 3.28. The number of nitrogens with zero attached hydrogens (tertiary/aromatic N) is 1. The van der Waals surface area contributed by atoms with E-state index >= 15 is 0 Å². The van der Waals surface area contributed by atoms with Gasteiger partial charge in [0.1, 0.15) is 6.17 Å². The summed E-state index contributed by atoms with van der Waals surface area (Å²) in [6.45, 7) is 0. The molecule has 0 radical (unpaired) electrons. The molecule has 0 saturated carbocycles. The van der Waals surface area contributed by atoms with E-state index in [1.54, 1.807) is 12.3 Å². The highest BCUT2D eigenvalue weighted by atomic mass is 35.5. The fourth-order valence-electron chi connectivity index (χ4n) is 2.73. The molecule has 23 heavy (non-hydrogen) atoms. The van der Waals surface area contributed by atoms with Crippen molar-refractivity contribution in [3.63, 3.8) is 0 Å². The van der Waals surface area contributed by atoms with Crippen molar-refractivity contribution in [3.05, 3.63) is 70.9 Å². The van der Waals surface area contributed by atoms with Gasteiger partial charge in [-0.1, -0.05) is 35.9 Å². The molecule has 114 valence electrons. The first-order chi connectivity index (χ1) is 11.2. The van der Waals surface area contributed by atoms with Crippen molar-refractivity contribution < 1.29 is 4.79 Å². The van der Waals surface area contributed by atoms with Crippen LogP contribution in [0.4, 0.5) is 5.69 Å². The number of hydrogen-bond acceptors (Lipinski definition) is 3. The van der Waals surface area contributed by atoms with E-state index in [1.807, 2.05) is 42.5 Å². The van der Waals surface area contributed by atoms with Crippen LogP contribution in [-0.2, 0) is 0 Å². The first-order valence-electron chi connectivity index (χ1n) is 7.18. The Morgan fingerprint density at radius 2 is 1.78 bits per heavy atom. The molecule has 0 unspecified atom stereocenters. The van der Waals surface area contributed by atoms with Gasteiger partial charge in [-0.05, 0) is 24.3 Å². The van der Waals surface area contributed by atoms with Crippen LogP contribution in [-0.4, -0.2) is 16.1 Å². The van der Waals surface area contributed by atoms with Crippen molar-refractivity contribution in [3.8, 4) is 11.3 Å². The predicted molar refractivity (Wildman–Crippen MR) is 89.3 cm³/mol. The fraction of sp³-hybridized carbons (Fsp3) is 0.0588. The average Bonchev–Trinajstić information content (AvgIpc) is 3.05. The Morgan fingerprint density at radius 3 is 2.61 bits per heavy atom. The van der Waals surface area contributed by atoms with E-state index in [-0.39, 0.29) is 12.1 Å². The van der Waals surface area contributed by atoms with E-state index in [1.165, 1.54) is 0 Å². The molecule has 0 fully saturated rings. The molecule has 1 amide bonds. The van der Waals surface area contributed by atoms with Crippen molar-refractivity contribution in [2.75, 3.05) is 5.32 Å². The van der Waals surface area contributed by atoms with Gasteiger partial charge in [0.15, 0.2) is 0 Å². The zero-order valence-corrected chi connectivity index (χ0v) is 12.8. The van der Waals surface area contributed by atoms with Crippen molar-refractivity contribution >= 4 is 23.2 Å². The summed E-state index contributed by atoms with van der Waals surface area (Å²) in [6.07, 6.45) is 1.37. The molecule has 0 bridgehead atoms. The third-order valence-electron chi connectivity index (χ3n) is 3.86. The number of fused-ring (bicyclic) bond motifs is 1. The zero-order valence-electron chi connectivity index (χ0n) is 12.0. The van der Waals surface area contributed by atoms with Gasteiger partial charge in [0.25, 0.3) is 5.91 Å². The van der Waals surface area contributed by atoms with Gasteiger partial charge in [0, 0.05) is 21.8 Å². The summed E-state index contributed by atoms with van der Waals surface area (Å²) < 4.78 is 0. The Morgan fingerprint density at radius 1 is 1.00 bits per heavy atom. The number of nitrogens with one attached hydrogen (secondary N) is 3. The van der Waals surface area contributed by atoms with Gasteiger partial charge in [-0.2, -0.15) is 5.10 Å². The number of aromatic amines is 1. The number of carbonyl (C=O) groups is 1. The standard InChI is InChI=1S/C17H13ClN4O/c18-11-7-5-10(6-8-11)15-13(9-19-22-15)16-20-14-4-2-1-3-12(14)17(23)21-16/h1-9,16,20H,(H,19,22)(H,21,23)/t16-/m0/s1. The van der Waals surface area contributed by atoms with Crippen LogP contribution in [0.1, 0.15) is 22.1 Å². The zero-order chi connectivity index (χ0) is 15.8. The van der Waals surface area contributed by atoms with E-state index in [9.17, 15) is 4.79 Å². The SMILES string of the molecule is O=C1N[C@@H](c2cn[nH]c2-c2ccc(Cl)cc2)Nc2ccccc21. The fourth-order valence-corrected chi connectivity index (χ4v) is 2.85. The lowest BCUT2D eigenvalue weighted by atomic mass is 10.0. The molecule has 6 heteroatoms. The maximum absolute atomic E-state index is 12.3. The van der Waals surface area contributed by atoms with Gasteiger partial charge >= 0.3 is 0 Å². The minimum absolute atomic E-state index is 0.104. The molecule has 1 aliphatic rings. The van der Waals surface area contributed by atoms with Crippen molar-refractivity contribution in [1.29, 1.82) is 0 Å². The van der Waals surface area contributed by atoms with Crippen LogP contribution < -0.4 is 10.6 Å². The van der Waals surface area contributed by atoms with Crippen LogP contribution in [0.2, 0.25) is 5.02 Å². The Bertz CT molecular complexity index is 872. The number of hydrogen-bond donors (Lipinski definition) is 3. The highest BCUT2D eigenvalue weighted by molar-refractivity contribution is 6.30. The van der Waals surface area contributed by atoms with Crippen molar-refractivity contribution in [2.24, 2.45) is 0 Å². The lowest BCUT2D eigenvalue weighted by Crippen LogP contribution is -2.38. The van der Waals surface area contributed by atoms with Gasteiger partial charge in [0.05, 0.1) is 17.5 Å². The van der Waals surface area contributed by atoms with E-state index in [0.717, 1.165) is 22.5 Å². The monoisotopic (exact) mass is 324 g/mol. The maximum Gasteiger partial charge on any atom is 0.255 e. The average molecular weight is 325 g/mol. The predicted octanol–water partition coefficient (Wildman–Crippen LogP) is 3.58. The van der Waals surface area contributed by atoms with E-state index in [0.29, 0.717) is 10.6 Å². The van der Waals surface area contributed by atoms with E-state index in [4.69, 9.17) is 11.6 Å². The maximum atomic E-state index is 12.3.